The number of benzene rings is 1. The molecule has 0 heterocycles. The quantitative estimate of drug-likeness (QED) is 0.526. The number of hydrogen-bond acceptors (Lipinski definition) is 4. The molecule has 0 saturated heterocycles. The number of hydrogen-bond donors (Lipinski definition) is 3. The van der Waals surface area contributed by atoms with Crippen molar-refractivity contribution in [2.75, 3.05) is 23.4 Å². The van der Waals surface area contributed by atoms with E-state index in [1.54, 1.807) is 23.9 Å². The third kappa shape index (κ3) is 5.79. The maximum absolute atomic E-state index is 11.8. The molecule has 0 aromatic heterocycles. The first kappa shape index (κ1) is 17.4. The van der Waals surface area contributed by atoms with E-state index in [-0.39, 0.29) is 17.8 Å². The number of rotatable bonds is 7. The molecule has 0 aliphatic heterocycles. The fraction of sp³-hybridized carbons (Fsp3) is 0.462. The van der Waals surface area contributed by atoms with Crippen molar-refractivity contribution < 1.29 is 9.90 Å². The van der Waals surface area contributed by atoms with Gasteiger partial charge in [-0.15, -0.1) is 0 Å². The maximum atomic E-state index is 11.8. The SMILES string of the molecule is CC(CO)SCCCC(=O)Nc1c(Cl)cc(N)cc1Cl. The average molecular weight is 337 g/mol. The van der Waals surface area contributed by atoms with Crippen LogP contribution in [0.1, 0.15) is 19.8 Å². The van der Waals surface area contributed by atoms with Gasteiger partial charge in [0, 0.05) is 17.4 Å². The molecule has 1 aromatic carbocycles. The second-order valence-corrected chi connectivity index (χ2v) is 6.74. The minimum absolute atomic E-state index is 0.143. The van der Waals surface area contributed by atoms with Crippen LogP contribution < -0.4 is 11.1 Å². The Hall–Kier alpha value is -0.620. The number of carbonyl (C=O) groups is 1. The van der Waals surface area contributed by atoms with E-state index < -0.39 is 0 Å². The molecule has 0 spiro atoms. The number of anilines is 2. The van der Waals surface area contributed by atoms with Crippen molar-refractivity contribution in [2.45, 2.75) is 25.0 Å². The number of amides is 1. The minimum Gasteiger partial charge on any atom is -0.399 e. The summed E-state index contributed by atoms with van der Waals surface area (Å²) in [6.07, 6.45) is 1.10. The number of thioether (sulfide) groups is 1. The lowest BCUT2D eigenvalue weighted by Crippen LogP contribution is -2.13. The summed E-state index contributed by atoms with van der Waals surface area (Å²) >= 11 is 13.6. The van der Waals surface area contributed by atoms with Crippen LogP contribution in [0.3, 0.4) is 0 Å². The average Bonchev–Trinajstić information content (AvgIpc) is 2.38. The molecular weight excluding hydrogens is 319 g/mol. The lowest BCUT2D eigenvalue weighted by atomic mass is 10.2. The Bertz CT molecular complexity index is 449. The number of nitrogens with two attached hydrogens (primary N) is 1. The Kier molecular flexibility index (Phi) is 7.51. The van der Waals surface area contributed by atoms with Gasteiger partial charge in [-0.3, -0.25) is 4.79 Å². The fourth-order valence-electron chi connectivity index (χ4n) is 1.48. The standard InChI is InChI=1S/C13H18Cl2N2O2S/c1-8(7-18)20-4-2-3-12(19)17-13-10(14)5-9(16)6-11(13)15/h5-6,8,18H,2-4,7,16H2,1H3,(H,17,19). The Morgan fingerprint density at radius 1 is 1.45 bits per heavy atom. The zero-order chi connectivity index (χ0) is 15.1. The van der Waals surface area contributed by atoms with Crippen LogP contribution in [0.4, 0.5) is 11.4 Å². The highest BCUT2D eigenvalue weighted by Gasteiger charge is 2.11. The van der Waals surface area contributed by atoms with Crippen LogP contribution in [0.25, 0.3) is 0 Å². The van der Waals surface area contributed by atoms with Gasteiger partial charge in [-0.2, -0.15) is 11.8 Å². The van der Waals surface area contributed by atoms with Gasteiger partial charge >= 0.3 is 0 Å². The Morgan fingerprint density at radius 2 is 2.05 bits per heavy atom. The predicted molar refractivity (Wildman–Crippen MR) is 87.7 cm³/mol. The number of aliphatic hydroxyl groups is 1. The highest BCUT2D eigenvalue weighted by atomic mass is 35.5. The summed E-state index contributed by atoms with van der Waals surface area (Å²) in [5, 5.41) is 12.4. The number of halogens is 2. The first-order valence-electron chi connectivity index (χ1n) is 6.21. The molecule has 4 nitrogen and oxygen atoms in total. The Morgan fingerprint density at radius 3 is 2.60 bits per heavy atom. The topological polar surface area (TPSA) is 75.3 Å². The van der Waals surface area contributed by atoms with Gasteiger partial charge in [0.25, 0.3) is 0 Å². The van der Waals surface area contributed by atoms with Gasteiger partial charge in [0.1, 0.15) is 0 Å². The van der Waals surface area contributed by atoms with Gasteiger partial charge in [-0.05, 0) is 24.3 Å². The zero-order valence-electron chi connectivity index (χ0n) is 11.2. The third-order valence-electron chi connectivity index (χ3n) is 2.54. The van der Waals surface area contributed by atoms with Crippen molar-refractivity contribution in [3.05, 3.63) is 22.2 Å². The van der Waals surface area contributed by atoms with Crippen molar-refractivity contribution in [3.8, 4) is 0 Å². The van der Waals surface area contributed by atoms with Crippen LogP contribution in [0.15, 0.2) is 12.1 Å². The molecule has 1 aromatic rings. The number of aliphatic hydroxyl groups excluding tert-OH is 1. The Balaban J connectivity index is 2.43. The van der Waals surface area contributed by atoms with Gasteiger partial charge in [-0.1, -0.05) is 30.1 Å². The van der Waals surface area contributed by atoms with E-state index in [4.69, 9.17) is 34.0 Å². The van der Waals surface area contributed by atoms with Crippen molar-refractivity contribution in [1.82, 2.24) is 0 Å². The van der Waals surface area contributed by atoms with Crippen LogP contribution in [0.5, 0.6) is 0 Å². The van der Waals surface area contributed by atoms with Crippen LogP contribution in [0, 0.1) is 0 Å². The van der Waals surface area contributed by atoms with Crippen molar-refractivity contribution >= 4 is 52.2 Å². The summed E-state index contributed by atoms with van der Waals surface area (Å²) in [4.78, 5) is 11.8. The van der Waals surface area contributed by atoms with E-state index in [2.05, 4.69) is 5.32 Å². The van der Waals surface area contributed by atoms with Crippen molar-refractivity contribution in [2.24, 2.45) is 0 Å². The molecule has 1 atom stereocenters. The summed E-state index contributed by atoms with van der Waals surface area (Å²) in [6, 6.07) is 3.09. The van der Waals surface area contributed by atoms with Crippen molar-refractivity contribution in [3.63, 3.8) is 0 Å². The maximum Gasteiger partial charge on any atom is 0.224 e. The smallest absolute Gasteiger partial charge is 0.224 e. The summed E-state index contributed by atoms with van der Waals surface area (Å²) < 4.78 is 0. The number of carbonyl (C=O) groups excluding carboxylic acids is 1. The van der Waals surface area contributed by atoms with Gasteiger partial charge in [-0.25, -0.2) is 0 Å². The second-order valence-electron chi connectivity index (χ2n) is 4.38. The molecule has 20 heavy (non-hydrogen) atoms. The normalized spacial score (nSPS) is 12.2. The molecule has 0 radical (unpaired) electrons. The summed E-state index contributed by atoms with van der Waals surface area (Å²) in [5.41, 5.74) is 6.44. The zero-order valence-corrected chi connectivity index (χ0v) is 13.5. The van der Waals surface area contributed by atoms with E-state index in [0.717, 1.165) is 12.2 Å². The van der Waals surface area contributed by atoms with Crippen molar-refractivity contribution in [1.29, 1.82) is 0 Å². The van der Waals surface area contributed by atoms with Crippen LogP contribution in [-0.4, -0.2) is 28.6 Å². The van der Waals surface area contributed by atoms with E-state index in [0.29, 0.717) is 27.8 Å². The van der Waals surface area contributed by atoms with E-state index in [1.165, 1.54) is 0 Å². The summed E-state index contributed by atoms with van der Waals surface area (Å²) in [6.45, 7) is 2.09. The van der Waals surface area contributed by atoms with Gasteiger partial charge in [0.2, 0.25) is 5.91 Å². The molecule has 1 unspecified atom stereocenters. The summed E-state index contributed by atoms with van der Waals surface area (Å²) in [5.74, 6) is 0.675. The van der Waals surface area contributed by atoms with E-state index in [1.807, 2.05) is 6.92 Å². The molecule has 1 rings (SSSR count). The van der Waals surface area contributed by atoms with E-state index >= 15 is 0 Å². The first-order valence-corrected chi connectivity index (χ1v) is 8.01. The summed E-state index contributed by atoms with van der Waals surface area (Å²) in [7, 11) is 0. The number of nitrogens with one attached hydrogen (secondary N) is 1. The van der Waals surface area contributed by atoms with Gasteiger partial charge in [0.15, 0.2) is 0 Å². The molecule has 0 aliphatic carbocycles. The monoisotopic (exact) mass is 336 g/mol. The highest BCUT2D eigenvalue weighted by Crippen LogP contribution is 2.32. The highest BCUT2D eigenvalue weighted by molar-refractivity contribution is 7.99. The molecule has 1 amide bonds. The largest absolute Gasteiger partial charge is 0.399 e. The lowest BCUT2D eigenvalue weighted by Gasteiger charge is -2.11. The van der Waals surface area contributed by atoms with Crippen LogP contribution in [0.2, 0.25) is 10.0 Å². The van der Waals surface area contributed by atoms with Gasteiger partial charge in [0.05, 0.1) is 22.3 Å². The van der Waals surface area contributed by atoms with Crippen LogP contribution >= 0.6 is 35.0 Å². The van der Waals surface area contributed by atoms with Gasteiger partial charge < -0.3 is 16.2 Å². The molecule has 0 fully saturated rings. The molecule has 112 valence electrons. The first-order chi connectivity index (χ1) is 9.43. The molecule has 0 saturated carbocycles. The third-order valence-corrected chi connectivity index (χ3v) is 4.38. The van der Waals surface area contributed by atoms with E-state index in [9.17, 15) is 4.79 Å². The minimum atomic E-state index is -0.143. The Labute approximate surface area is 133 Å². The number of nitrogen functional groups attached to an aromatic ring is 1. The predicted octanol–water partition coefficient (Wildman–Crippen LogP) is 3.41. The molecular formula is C13H18Cl2N2O2S. The molecule has 0 bridgehead atoms. The lowest BCUT2D eigenvalue weighted by molar-refractivity contribution is -0.116. The fourth-order valence-corrected chi connectivity index (χ4v) is 2.90. The van der Waals surface area contributed by atoms with Crippen LogP contribution in [-0.2, 0) is 4.79 Å². The molecule has 4 N–H and O–H groups in total. The molecule has 7 heteroatoms. The molecule has 0 aliphatic rings. The second kappa shape index (κ2) is 8.62.